The Morgan fingerprint density at radius 1 is 0.636 bits per heavy atom. The third kappa shape index (κ3) is 4.19. The predicted molar refractivity (Wildman–Crippen MR) is 94.9 cm³/mol. The third-order valence-corrected chi connectivity index (χ3v) is 4.29. The summed E-state index contributed by atoms with van der Waals surface area (Å²) in [5, 5.41) is 4.91. The van der Waals surface area contributed by atoms with Crippen molar-refractivity contribution in [3.8, 4) is 0 Å². The summed E-state index contributed by atoms with van der Waals surface area (Å²) >= 11 is 0. The number of hydrogen-bond acceptors (Lipinski definition) is 2. The van der Waals surface area contributed by atoms with Gasteiger partial charge in [-0.2, -0.15) is 0 Å². The van der Waals surface area contributed by atoms with Gasteiger partial charge in [-0.1, -0.05) is 81.4 Å². The monoisotopic (exact) mass is 296 g/mol. The molecule has 2 nitrogen and oxygen atoms in total. The van der Waals surface area contributed by atoms with Gasteiger partial charge in [0.25, 0.3) is 0 Å². The van der Waals surface area contributed by atoms with E-state index >= 15 is 0 Å². The second-order valence-corrected chi connectivity index (χ2v) is 5.52. The van der Waals surface area contributed by atoms with Crippen molar-refractivity contribution in [2.75, 3.05) is 26.2 Å². The second kappa shape index (κ2) is 8.72. The highest BCUT2D eigenvalue weighted by Crippen LogP contribution is 2.26. The van der Waals surface area contributed by atoms with E-state index in [0.29, 0.717) is 5.92 Å². The Morgan fingerprint density at radius 3 is 1.41 bits per heavy atom. The Balaban J connectivity index is 2.29. The van der Waals surface area contributed by atoms with E-state index in [-0.39, 0.29) is 0 Å². The normalized spacial score (nSPS) is 11.5. The number of rotatable bonds is 8. The lowest BCUT2D eigenvalue weighted by Gasteiger charge is -2.35. The lowest BCUT2D eigenvalue weighted by Crippen LogP contribution is -2.44. The zero-order valence-electron chi connectivity index (χ0n) is 14.1. The van der Waals surface area contributed by atoms with E-state index in [2.05, 4.69) is 91.5 Å². The van der Waals surface area contributed by atoms with Crippen molar-refractivity contribution in [3.63, 3.8) is 0 Å². The topological polar surface area (TPSA) is 6.48 Å². The van der Waals surface area contributed by atoms with Gasteiger partial charge >= 0.3 is 0 Å². The third-order valence-electron chi connectivity index (χ3n) is 4.29. The molecule has 0 radical (unpaired) electrons. The van der Waals surface area contributed by atoms with Gasteiger partial charge in [0, 0.05) is 32.1 Å². The number of hydrazine groups is 1. The smallest absolute Gasteiger partial charge is 0.0242 e. The van der Waals surface area contributed by atoms with Gasteiger partial charge in [0.1, 0.15) is 0 Å². The van der Waals surface area contributed by atoms with Crippen LogP contribution in [0.1, 0.15) is 37.8 Å². The first-order valence-corrected chi connectivity index (χ1v) is 8.39. The Morgan fingerprint density at radius 2 is 1.05 bits per heavy atom. The lowest BCUT2D eigenvalue weighted by molar-refractivity contribution is -0.0142. The minimum absolute atomic E-state index is 0.406. The van der Waals surface area contributed by atoms with E-state index in [9.17, 15) is 0 Å². The van der Waals surface area contributed by atoms with Gasteiger partial charge in [0.05, 0.1) is 0 Å². The summed E-state index contributed by atoms with van der Waals surface area (Å²) in [6, 6.07) is 21.7. The maximum atomic E-state index is 2.48. The van der Waals surface area contributed by atoms with Gasteiger partial charge < -0.3 is 0 Å². The molecular formula is C20H28N2. The van der Waals surface area contributed by atoms with Crippen LogP contribution in [0, 0.1) is 0 Å². The highest BCUT2D eigenvalue weighted by molar-refractivity contribution is 5.32. The Hall–Kier alpha value is -1.64. The van der Waals surface area contributed by atoms with Gasteiger partial charge in [-0.15, -0.1) is 0 Å². The summed E-state index contributed by atoms with van der Waals surface area (Å²) in [6.07, 6.45) is 0. The van der Waals surface area contributed by atoms with Gasteiger partial charge in [-0.05, 0) is 11.1 Å². The molecule has 0 amide bonds. The summed E-state index contributed by atoms with van der Waals surface area (Å²) < 4.78 is 0. The Bertz CT molecular complexity index is 480. The standard InChI is InChI=1S/C20H28N2/c1-4-21(5-2)22(6-3)17-20(18-13-9-7-10-14-18)19-15-11-8-12-16-19/h7-16,20H,4-6,17H2,1-3H3. The van der Waals surface area contributed by atoms with Crippen molar-refractivity contribution < 1.29 is 0 Å². The highest BCUT2D eigenvalue weighted by Gasteiger charge is 2.20. The molecule has 0 spiro atoms. The molecule has 2 aromatic rings. The van der Waals surface area contributed by atoms with Crippen molar-refractivity contribution in [2.45, 2.75) is 26.7 Å². The molecule has 2 heteroatoms. The SMILES string of the molecule is CCN(CC)N(CC)CC(c1ccccc1)c1ccccc1. The molecule has 0 aliphatic carbocycles. The minimum Gasteiger partial charge on any atom is -0.242 e. The van der Waals surface area contributed by atoms with E-state index in [1.54, 1.807) is 0 Å². The fraction of sp³-hybridized carbons (Fsp3) is 0.400. The maximum absolute atomic E-state index is 2.48. The zero-order valence-corrected chi connectivity index (χ0v) is 14.1. The maximum Gasteiger partial charge on any atom is 0.0242 e. The first-order chi connectivity index (χ1) is 10.8. The fourth-order valence-corrected chi connectivity index (χ4v) is 3.05. The van der Waals surface area contributed by atoms with Gasteiger partial charge in [0.15, 0.2) is 0 Å². The average Bonchev–Trinajstić information content (AvgIpc) is 2.60. The molecule has 0 bridgehead atoms. The molecule has 0 atom stereocenters. The molecule has 0 aliphatic heterocycles. The molecule has 2 aromatic carbocycles. The summed E-state index contributed by atoms with van der Waals surface area (Å²) in [4.78, 5) is 0. The van der Waals surface area contributed by atoms with Crippen LogP contribution in [0.4, 0.5) is 0 Å². The summed E-state index contributed by atoms with van der Waals surface area (Å²) in [7, 11) is 0. The molecule has 118 valence electrons. The van der Waals surface area contributed by atoms with E-state index in [4.69, 9.17) is 0 Å². The van der Waals surface area contributed by atoms with Crippen molar-refractivity contribution in [3.05, 3.63) is 71.8 Å². The molecule has 2 rings (SSSR count). The first kappa shape index (κ1) is 16.7. The van der Waals surface area contributed by atoms with Crippen molar-refractivity contribution in [1.29, 1.82) is 0 Å². The predicted octanol–water partition coefficient (Wildman–Crippen LogP) is 4.40. The van der Waals surface area contributed by atoms with Crippen LogP contribution in [0.15, 0.2) is 60.7 Å². The summed E-state index contributed by atoms with van der Waals surface area (Å²) in [5.41, 5.74) is 2.78. The molecule has 22 heavy (non-hydrogen) atoms. The van der Waals surface area contributed by atoms with Crippen LogP contribution in [0.5, 0.6) is 0 Å². The van der Waals surface area contributed by atoms with E-state index < -0.39 is 0 Å². The largest absolute Gasteiger partial charge is 0.242 e. The summed E-state index contributed by atoms with van der Waals surface area (Å²) in [6.45, 7) is 10.9. The van der Waals surface area contributed by atoms with Gasteiger partial charge in [-0.25, -0.2) is 10.0 Å². The lowest BCUT2D eigenvalue weighted by atomic mass is 9.91. The molecular weight excluding hydrogens is 268 g/mol. The van der Waals surface area contributed by atoms with Crippen LogP contribution < -0.4 is 0 Å². The molecule has 0 saturated heterocycles. The summed E-state index contributed by atoms with van der Waals surface area (Å²) in [5.74, 6) is 0.406. The molecule has 0 heterocycles. The quantitative estimate of drug-likeness (QED) is 0.666. The van der Waals surface area contributed by atoms with E-state index in [0.717, 1.165) is 26.2 Å². The molecule has 0 fully saturated rings. The van der Waals surface area contributed by atoms with Crippen molar-refractivity contribution in [1.82, 2.24) is 10.0 Å². The van der Waals surface area contributed by atoms with E-state index in [1.807, 2.05) is 0 Å². The average molecular weight is 296 g/mol. The second-order valence-electron chi connectivity index (χ2n) is 5.52. The van der Waals surface area contributed by atoms with Crippen LogP contribution in [-0.2, 0) is 0 Å². The number of benzene rings is 2. The number of hydrogen-bond donors (Lipinski definition) is 0. The Labute approximate surface area is 135 Å². The minimum atomic E-state index is 0.406. The van der Waals surface area contributed by atoms with Crippen LogP contribution in [0.2, 0.25) is 0 Å². The van der Waals surface area contributed by atoms with Crippen LogP contribution in [-0.4, -0.2) is 36.2 Å². The highest BCUT2D eigenvalue weighted by atomic mass is 15.6. The van der Waals surface area contributed by atoms with Crippen LogP contribution in [0.25, 0.3) is 0 Å². The van der Waals surface area contributed by atoms with Crippen LogP contribution in [0.3, 0.4) is 0 Å². The molecule has 0 aromatic heterocycles. The van der Waals surface area contributed by atoms with Crippen molar-refractivity contribution >= 4 is 0 Å². The zero-order chi connectivity index (χ0) is 15.8. The molecule has 0 N–H and O–H groups in total. The fourth-order valence-electron chi connectivity index (χ4n) is 3.05. The van der Waals surface area contributed by atoms with Gasteiger partial charge in [0.2, 0.25) is 0 Å². The molecule has 0 aliphatic rings. The number of nitrogens with zero attached hydrogens (tertiary/aromatic N) is 2. The van der Waals surface area contributed by atoms with Crippen LogP contribution >= 0.6 is 0 Å². The van der Waals surface area contributed by atoms with Gasteiger partial charge in [-0.3, -0.25) is 0 Å². The van der Waals surface area contributed by atoms with E-state index in [1.165, 1.54) is 11.1 Å². The van der Waals surface area contributed by atoms with Crippen molar-refractivity contribution in [2.24, 2.45) is 0 Å². The first-order valence-electron chi connectivity index (χ1n) is 8.39. The number of likely N-dealkylation sites (N-methyl/N-ethyl adjacent to an activating group) is 1. The molecule has 0 unspecified atom stereocenters. The Kier molecular flexibility index (Phi) is 6.63. The molecule has 0 saturated carbocycles.